The van der Waals surface area contributed by atoms with Crippen molar-refractivity contribution in [2.24, 2.45) is 5.41 Å². The Kier molecular flexibility index (Phi) is 6.11. The van der Waals surface area contributed by atoms with Gasteiger partial charge in [-0.15, -0.1) is 0 Å². The molecule has 0 aliphatic carbocycles. The summed E-state index contributed by atoms with van der Waals surface area (Å²) in [6.45, 7) is 4.78. The third kappa shape index (κ3) is 5.01. The van der Waals surface area contributed by atoms with Gasteiger partial charge in [0.2, 0.25) is 0 Å². The first-order valence-electron chi connectivity index (χ1n) is 6.20. The van der Waals surface area contributed by atoms with E-state index in [0.717, 1.165) is 12.8 Å². The quantitative estimate of drug-likeness (QED) is 0.845. The molecule has 0 saturated carbocycles. The molecule has 0 atom stereocenters. The van der Waals surface area contributed by atoms with Crippen molar-refractivity contribution in [1.29, 1.82) is 0 Å². The molecule has 0 aliphatic rings. The first kappa shape index (κ1) is 16.3. The van der Waals surface area contributed by atoms with Crippen LogP contribution in [0.5, 0.6) is 0 Å². The molecular weight excluding hydrogens is 285 g/mol. The van der Waals surface area contributed by atoms with Crippen LogP contribution in [0, 0.1) is 5.41 Å². The van der Waals surface area contributed by atoms with Crippen molar-refractivity contribution >= 4 is 29.1 Å². The van der Waals surface area contributed by atoms with Gasteiger partial charge in [-0.25, -0.2) is 0 Å². The van der Waals surface area contributed by atoms with Gasteiger partial charge in [-0.3, -0.25) is 4.79 Å². The summed E-state index contributed by atoms with van der Waals surface area (Å²) in [5.74, 6) is -0.232. The number of rotatable bonds is 6. The minimum absolute atomic E-state index is 0.0660. The number of nitrogens with one attached hydrogen (secondary N) is 1. The van der Waals surface area contributed by atoms with Crippen LogP contribution in [-0.4, -0.2) is 24.2 Å². The molecule has 0 saturated heterocycles. The van der Waals surface area contributed by atoms with Gasteiger partial charge in [0.15, 0.2) is 0 Å². The van der Waals surface area contributed by atoms with E-state index < -0.39 is 0 Å². The molecule has 1 amide bonds. The fraction of sp³-hybridized carbons (Fsp3) is 0.500. The molecule has 0 unspecified atom stereocenters. The molecule has 1 aromatic rings. The summed E-state index contributed by atoms with van der Waals surface area (Å²) >= 11 is 11.9. The molecule has 5 heteroatoms. The Hall–Kier alpha value is -0.770. The second-order valence-corrected chi connectivity index (χ2v) is 6.06. The highest BCUT2D eigenvalue weighted by Gasteiger charge is 2.20. The van der Waals surface area contributed by atoms with Crippen LogP contribution in [0.25, 0.3) is 0 Å². The summed E-state index contributed by atoms with van der Waals surface area (Å²) in [5.41, 5.74) is 0.316. The molecule has 0 spiro atoms. The van der Waals surface area contributed by atoms with Gasteiger partial charge in [0, 0.05) is 13.2 Å². The van der Waals surface area contributed by atoms with Crippen LogP contribution in [0.3, 0.4) is 0 Å². The molecule has 0 aliphatic heterocycles. The molecule has 1 aromatic carbocycles. The van der Waals surface area contributed by atoms with Gasteiger partial charge in [-0.2, -0.15) is 0 Å². The topological polar surface area (TPSA) is 49.3 Å². The average molecular weight is 304 g/mol. The molecule has 1 rings (SSSR count). The lowest BCUT2D eigenvalue weighted by Crippen LogP contribution is -2.34. The number of carbonyl (C=O) groups is 1. The first-order valence-corrected chi connectivity index (χ1v) is 6.96. The van der Waals surface area contributed by atoms with Gasteiger partial charge in [-0.05, 0) is 30.4 Å². The molecule has 0 aromatic heterocycles. The number of amides is 1. The van der Waals surface area contributed by atoms with Gasteiger partial charge in [-0.1, -0.05) is 43.1 Å². The van der Waals surface area contributed by atoms with Gasteiger partial charge >= 0.3 is 0 Å². The van der Waals surface area contributed by atoms with Crippen molar-refractivity contribution in [3.63, 3.8) is 0 Å². The summed E-state index contributed by atoms with van der Waals surface area (Å²) in [6.07, 6.45) is 1.56. The number of aliphatic hydroxyl groups is 1. The molecule has 3 nitrogen and oxygen atoms in total. The zero-order valence-electron chi connectivity index (χ0n) is 11.2. The van der Waals surface area contributed by atoms with Crippen molar-refractivity contribution in [2.45, 2.75) is 26.7 Å². The third-order valence-corrected chi connectivity index (χ3v) is 3.75. The second-order valence-electron chi connectivity index (χ2n) is 5.28. The van der Waals surface area contributed by atoms with Gasteiger partial charge in [0.1, 0.15) is 0 Å². The lowest BCUT2D eigenvalue weighted by Gasteiger charge is -2.24. The Labute approximate surface area is 123 Å². The van der Waals surface area contributed by atoms with Crippen molar-refractivity contribution < 1.29 is 9.90 Å². The predicted molar refractivity (Wildman–Crippen MR) is 78.9 cm³/mol. The van der Waals surface area contributed by atoms with Gasteiger partial charge in [0.25, 0.3) is 5.91 Å². The number of hydrogen-bond donors (Lipinski definition) is 2. The van der Waals surface area contributed by atoms with E-state index in [1.807, 2.05) is 13.8 Å². The van der Waals surface area contributed by atoms with E-state index in [2.05, 4.69) is 5.32 Å². The number of hydrogen-bond acceptors (Lipinski definition) is 2. The first-order chi connectivity index (χ1) is 8.87. The highest BCUT2D eigenvalue weighted by Crippen LogP contribution is 2.26. The van der Waals surface area contributed by atoms with Crippen molar-refractivity contribution in [1.82, 2.24) is 5.32 Å². The predicted octanol–water partition coefficient (Wildman–Crippen LogP) is 3.52. The number of benzene rings is 1. The zero-order chi connectivity index (χ0) is 14.5. The van der Waals surface area contributed by atoms with Crippen molar-refractivity contribution in [3.05, 3.63) is 33.8 Å². The van der Waals surface area contributed by atoms with Crippen LogP contribution in [0.2, 0.25) is 10.0 Å². The monoisotopic (exact) mass is 303 g/mol. The van der Waals surface area contributed by atoms with Gasteiger partial charge in [0.05, 0.1) is 15.6 Å². The maximum absolute atomic E-state index is 12.0. The maximum Gasteiger partial charge on any atom is 0.252 e. The number of halogens is 2. The van der Waals surface area contributed by atoms with Crippen LogP contribution < -0.4 is 5.32 Å². The number of carbonyl (C=O) groups excluding carboxylic acids is 1. The van der Waals surface area contributed by atoms with E-state index in [4.69, 9.17) is 28.3 Å². The van der Waals surface area contributed by atoms with E-state index >= 15 is 0 Å². The largest absolute Gasteiger partial charge is 0.396 e. The molecule has 0 radical (unpaired) electrons. The Balaban J connectivity index is 2.63. The highest BCUT2D eigenvalue weighted by atomic mass is 35.5. The Morgan fingerprint density at radius 2 is 2.05 bits per heavy atom. The fourth-order valence-corrected chi connectivity index (χ4v) is 2.13. The maximum atomic E-state index is 12.0. The Bertz CT molecular complexity index is 447. The molecule has 2 N–H and O–H groups in total. The summed E-state index contributed by atoms with van der Waals surface area (Å²) in [7, 11) is 0. The lowest BCUT2D eigenvalue weighted by atomic mass is 9.88. The minimum atomic E-state index is -0.232. The van der Waals surface area contributed by atoms with Crippen LogP contribution in [0.1, 0.15) is 37.0 Å². The average Bonchev–Trinajstić information content (AvgIpc) is 2.37. The molecule has 19 heavy (non-hydrogen) atoms. The van der Waals surface area contributed by atoms with Crippen molar-refractivity contribution in [2.75, 3.05) is 13.2 Å². The van der Waals surface area contributed by atoms with E-state index in [1.165, 1.54) is 0 Å². The normalized spacial score (nSPS) is 11.4. The van der Waals surface area contributed by atoms with Crippen LogP contribution >= 0.6 is 23.2 Å². The summed E-state index contributed by atoms with van der Waals surface area (Å²) in [5, 5.41) is 12.3. The van der Waals surface area contributed by atoms with Gasteiger partial charge < -0.3 is 10.4 Å². The van der Waals surface area contributed by atoms with Crippen LogP contribution in [0.4, 0.5) is 0 Å². The zero-order valence-corrected chi connectivity index (χ0v) is 12.7. The van der Waals surface area contributed by atoms with Crippen molar-refractivity contribution in [3.8, 4) is 0 Å². The number of aliphatic hydroxyl groups excluding tert-OH is 1. The minimum Gasteiger partial charge on any atom is -0.396 e. The van der Waals surface area contributed by atoms with E-state index in [-0.39, 0.29) is 23.0 Å². The fourth-order valence-electron chi connectivity index (χ4n) is 1.74. The third-order valence-electron chi connectivity index (χ3n) is 2.94. The molecule has 0 fully saturated rings. The lowest BCUT2D eigenvalue weighted by molar-refractivity contribution is 0.0933. The van der Waals surface area contributed by atoms with E-state index in [9.17, 15) is 4.79 Å². The van der Waals surface area contributed by atoms with Crippen LogP contribution in [-0.2, 0) is 0 Å². The smallest absolute Gasteiger partial charge is 0.252 e. The van der Waals surface area contributed by atoms with E-state index in [1.54, 1.807) is 18.2 Å². The van der Waals surface area contributed by atoms with Crippen LogP contribution in [0.15, 0.2) is 18.2 Å². The second kappa shape index (κ2) is 7.13. The Morgan fingerprint density at radius 3 is 2.68 bits per heavy atom. The highest BCUT2D eigenvalue weighted by molar-refractivity contribution is 6.43. The Morgan fingerprint density at radius 1 is 1.37 bits per heavy atom. The standard InChI is InChI=1S/C14H19Cl2NO2/c1-14(2,7-4-8-18)9-17-13(19)10-5-3-6-11(15)12(10)16/h3,5-6,18H,4,7-9H2,1-2H3,(H,17,19). The summed E-state index contributed by atoms with van der Waals surface area (Å²) in [4.78, 5) is 12.0. The molecule has 0 heterocycles. The molecule has 0 bridgehead atoms. The molecule has 106 valence electrons. The summed E-state index contributed by atoms with van der Waals surface area (Å²) < 4.78 is 0. The SMILES string of the molecule is CC(C)(CCCO)CNC(=O)c1cccc(Cl)c1Cl. The molecular formula is C14H19Cl2NO2. The van der Waals surface area contributed by atoms with E-state index in [0.29, 0.717) is 17.1 Å². The summed E-state index contributed by atoms with van der Waals surface area (Å²) in [6, 6.07) is 4.98.